The highest BCUT2D eigenvalue weighted by molar-refractivity contribution is 6.30. The molecule has 5 nitrogen and oxygen atoms in total. The van der Waals surface area contributed by atoms with Crippen molar-refractivity contribution in [1.82, 2.24) is 5.32 Å². The van der Waals surface area contributed by atoms with E-state index < -0.39 is 23.8 Å². The van der Waals surface area contributed by atoms with Crippen molar-refractivity contribution in [2.75, 3.05) is 10.6 Å². The summed E-state index contributed by atoms with van der Waals surface area (Å²) in [5.41, 5.74) is 0.608. The van der Waals surface area contributed by atoms with Crippen molar-refractivity contribution in [3.8, 4) is 0 Å². The maximum absolute atomic E-state index is 13.8. The highest BCUT2D eigenvalue weighted by Crippen LogP contribution is 2.19. The van der Waals surface area contributed by atoms with Gasteiger partial charge in [-0.05, 0) is 36.2 Å². The highest BCUT2D eigenvalue weighted by Gasteiger charge is 2.25. The van der Waals surface area contributed by atoms with Gasteiger partial charge in [0.05, 0.1) is 5.69 Å². The molecule has 2 rings (SSSR count). The number of hydrogen-bond donors (Lipinski definition) is 3. The van der Waals surface area contributed by atoms with Crippen molar-refractivity contribution in [3.05, 3.63) is 59.4 Å². The molecule has 0 aliphatic rings. The minimum Gasteiger partial charge on any atom is -0.326 e. The van der Waals surface area contributed by atoms with Crippen molar-refractivity contribution < 1.29 is 14.0 Å². The number of halogens is 2. The van der Waals surface area contributed by atoms with Gasteiger partial charge in [-0.1, -0.05) is 43.6 Å². The van der Waals surface area contributed by atoms with Crippen molar-refractivity contribution in [2.45, 2.75) is 19.9 Å². The molecule has 0 aromatic heterocycles. The lowest BCUT2D eigenvalue weighted by Crippen LogP contribution is -2.48. The monoisotopic (exact) mass is 363 g/mol. The molecule has 0 heterocycles. The zero-order valence-electron chi connectivity index (χ0n) is 13.8. The summed E-state index contributed by atoms with van der Waals surface area (Å²) < 4.78 is 13.8. The highest BCUT2D eigenvalue weighted by atomic mass is 35.5. The Kier molecular flexibility index (Phi) is 6.36. The first kappa shape index (κ1) is 18.7. The van der Waals surface area contributed by atoms with E-state index >= 15 is 0 Å². The van der Waals surface area contributed by atoms with Gasteiger partial charge >= 0.3 is 6.03 Å². The molecule has 7 heteroatoms. The van der Waals surface area contributed by atoms with Gasteiger partial charge < -0.3 is 16.0 Å². The number of anilines is 2. The predicted octanol–water partition coefficient (Wildman–Crippen LogP) is 4.26. The molecule has 0 spiro atoms. The smallest absolute Gasteiger partial charge is 0.319 e. The average Bonchev–Trinajstić information content (AvgIpc) is 2.55. The predicted molar refractivity (Wildman–Crippen MR) is 97.3 cm³/mol. The molecular formula is C18H19ClFN3O2. The Labute approximate surface area is 150 Å². The van der Waals surface area contributed by atoms with Crippen LogP contribution in [0.15, 0.2) is 48.5 Å². The summed E-state index contributed by atoms with van der Waals surface area (Å²) in [5, 5.41) is 7.95. The van der Waals surface area contributed by atoms with Crippen LogP contribution in [0.3, 0.4) is 0 Å². The fraction of sp³-hybridized carbons (Fsp3) is 0.222. The molecule has 1 atom stereocenters. The molecule has 3 N–H and O–H groups in total. The third-order valence-electron chi connectivity index (χ3n) is 3.46. The second-order valence-electron chi connectivity index (χ2n) is 5.80. The Hall–Kier alpha value is -2.60. The molecular weight excluding hydrogens is 345 g/mol. The Morgan fingerprint density at radius 2 is 1.72 bits per heavy atom. The number of carbonyl (C=O) groups excluding carboxylic acids is 2. The maximum Gasteiger partial charge on any atom is 0.319 e. The van der Waals surface area contributed by atoms with Crippen molar-refractivity contribution in [1.29, 1.82) is 0 Å². The summed E-state index contributed by atoms with van der Waals surface area (Å²) in [4.78, 5) is 24.5. The van der Waals surface area contributed by atoms with Crippen LogP contribution in [0.1, 0.15) is 13.8 Å². The fourth-order valence-corrected chi connectivity index (χ4v) is 2.32. The van der Waals surface area contributed by atoms with Gasteiger partial charge in [-0.15, -0.1) is 0 Å². The molecule has 0 aliphatic carbocycles. The van der Waals surface area contributed by atoms with E-state index in [0.717, 1.165) is 6.07 Å². The van der Waals surface area contributed by atoms with Crippen molar-refractivity contribution in [2.24, 2.45) is 5.92 Å². The zero-order valence-corrected chi connectivity index (χ0v) is 14.6. The number of para-hydroxylation sites is 1. The quantitative estimate of drug-likeness (QED) is 0.742. The first-order valence-electron chi connectivity index (χ1n) is 7.75. The number of nitrogens with one attached hydrogen (secondary N) is 3. The van der Waals surface area contributed by atoms with Crippen LogP contribution in [-0.4, -0.2) is 18.0 Å². The summed E-state index contributed by atoms with van der Waals surface area (Å²) in [6.45, 7) is 3.57. The van der Waals surface area contributed by atoms with E-state index in [1.807, 2.05) is 6.07 Å². The maximum atomic E-state index is 13.8. The van der Waals surface area contributed by atoms with E-state index in [-0.39, 0.29) is 16.6 Å². The van der Waals surface area contributed by atoms with Gasteiger partial charge in [-0.25, -0.2) is 9.18 Å². The van der Waals surface area contributed by atoms with Crippen molar-refractivity contribution in [3.63, 3.8) is 0 Å². The molecule has 2 aromatic carbocycles. The third kappa shape index (κ3) is 5.46. The molecule has 2 aromatic rings. The first-order chi connectivity index (χ1) is 11.9. The molecule has 25 heavy (non-hydrogen) atoms. The Balaban J connectivity index is 2.03. The fourth-order valence-electron chi connectivity index (χ4n) is 2.17. The van der Waals surface area contributed by atoms with Crippen molar-refractivity contribution >= 4 is 34.9 Å². The second-order valence-corrected chi connectivity index (χ2v) is 6.24. The summed E-state index contributed by atoms with van der Waals surface area (Å²) in [6, 6.07) is 11.5. The van der Waals surface area contributed by atoms with E-state index in [9.17, 15) is 14.0 Å². The number of hydrogen-bond acceptors (Lipinski definition) is 2. The molecule has 132 valence electrons. The summed E-state index contributed by atoms with van der Waals surface area (Å²) in [5.74, 6) is -1.35. The van der Waals surface area contributed by atoms with E-state index in [4.69, 9.17) is 11.6 Å². The number of urea groups is 1. The van der Waals surface area contributed by atoms with Gasteiger partial charge in [-0.3, -0.25) is 4.79 Å². The summed E-state index contributed by atoms with van der Waals surface area (Å²) in [6.07, 6.45) is 0. The second kappa shape index (κ2) is 8.48. The van der Waals surface area contributed by atoms with Crippen LogP contribution in [0.4, 0.5) is 20.6 Å². The van der Waals surface area contributed by atoms with Gasteiger partial charge in [0.15, 0.2) is 0 Å². The lowest BCUT2D eigenvalue weighted by molar-refractivity contribution is -0.118. The molecule has 0 saturated heterocycles. The van der Waals surface area contributed by atoms with E-state index in [1.165, 1.54) is 12.1 Å². The molecule has 0 fully saturated rings. The standard InChI is InChI=1S/C18H19ClFN3O2/c1-11(2)16(23-18(25)21-13-6-4-3-5-7-13)17(24)22-15-9-8-12(19)10-14(15)20/h3-11,16H,1-2H3,(H,22,24)(H2,21,23,25). The minimum atomic E-state index is -0.834. The molecule has 0 bridgehead atoms. The Morgan fingerprint density at radius 3 is 2.32 bits per heavy atom. The van der Waals surface area contributed by atoms with Gasteiger partial charge in [0, 0.05) is 10.7 Å². The number of rotatable bonds is 5. The van der Waals surface area contributed by atoms with E-state index in [1.54, 1.807) is 38.1 Å². The lowest BCUT2D eigenvalue weighted by Gasteiger charge is -2.22. The van der Waals surface area contributed by atoms with Crippen LogP contribution in [0.5, 0.6) is 0 Å². The molecule has 0 radical (unpaired) electrons. The molecule has 1 unspecified atom stereocenters. The van der Waals surface area contributed by atoms with Gasteiger partial charge in [-0.2, -0.15) is 0 Å². The molecule has 0 aliphatic heterocycles. The Bertz CT molecular complexity index is 753. The number of amides is 3. The number of carbonyl (C=O) groups is 2. The van der Waals surface area contributed by atoms with E-state index in [0.29, 0.717) is 5.69 Å². The van der Waals surface area contributed by atoms with Crippen LogP contribution >= 0.6 is 11.6 Å². The average molecular weight is 364 g/mol. The number of benzene rings is 2. The van der Waals surface area contributed by atoms with Crippen LogP contribution in [0.2, 0.25) is 5.02 Å². The van der Waals surface area contributed by atoms with Crippen LogP contribution in [-0.2, 0) is 4.79 Å². The largest absolute Gasteiger partial charge is 0.326 e. The minimum absolute atomic E-state index is 0.00492. The van der Waals surface area contributed by atoms with Gasteiger partial charge in [0.25, 0.3) is 0 Å². The molecule has 3 amide bonds. The Morgan fingerprint density at radius 1 is 1.04 bits per heavy atom. The summed E-state index contributed by atoms with van der Waals surface area (Å²) >= 11 is 5.69. The van der Waals surface area contributed by atoms with Gasteiger partial charge in [0.1, 0.15) is 11.9 Å². The summed E-state index contributed by atoms with van der Waals surface area (Å²) in [7, 11) is 0. The topological polar surface area (TPSA) is 70.2 Å². The van der Waals surface area contributed by atoms with Crippen LogP contribution in [0, 0.1) is 11.7 Å². The third-order valence-corrected chi connectivity index (χ3v) is 3.69. The zero-order chi connectivity index (χ0) is 18.4. The van der Waals surface area contributed by atoms with Crippen LogP contribution in [0.25, 0.3) is 0 Å². The molecule has 0 saturated carbocycles. The SMILES string of the molecule is CC(C)C(NC(=O)Nc1ccccc1)C(=O)Nc1ccc(Cl)cc1F. The normalized spacial score (nSPS) is 11.7. The first-order valence-corrected chi connectivity index (χ1v) is 8.13. The lowest BCUT2D eigenvalue weighted by atomic mass is 10.0. The van der Waals surface area contributed by atoms with Gasteiger partial charge in [0.2, 0.25) is 5.91 Å². The van der Waals surface area contributed by atoms with E-state index in [2.05, 4.69) is 16.0 Å². The van der Waals surface area contributed by atoms with Crippen LogP contribution < -0.4 is 16.0 Å².